The van der Waals surface area contributed by atoms with E-state index in [9.17, 15) is 20.0 Å². The Morgan fingerprint density at radius 3 is 2.66 bits per heavy atom. The van der Waals surface area contributed by atoms with E-state index >= 15 is 0 Å². The fraction of sp³-hybridized carbons (Fsp3) is 0.275. The van der Waals surface area contributed by atoms with Crippen LogP contribution in [0.25, 0.3) is 21.3 Å². The van der Waals surface area contributed by atoms with Crippen LogP contribution in [0, 0.1) is 23.2 Å². The summed E-state index contributed by atoms with van der Waals surface area (Å²) in [5.74, 6) is 0.240. The van der Waals surface area contributed by atoms with E-state index in [4.69, 9.17) is 0 Å². The van der Waals surface area contributed by atoms with Gasteiger partial charge in [-0.15, -0.1) is 11.8 Å². The molecule has 1 saturated carbocycles. The number of rotatable bonds is 7. The SMILES string of the molecule is CC1CC=C2C(C)CC2(Sc2cccc(-c3ccc(N4CCc5cccc(C(=O)Nc6nc7ccccc7s6)c5C4)nc3C(=O)O)c2C#N)C1. The Bertz CT molecular complexity index is 2240. The van der Waals surface area contributed by atoms with E-state index in [0.717, 1.165) is 45.5 Å². The largest absolute Gasteiger partial charge is 0.476 e. The van der Waals surface area contributed by atoms with Gasteiger partial charge in [-0.1, -0.05) is 73.2 Å². The Kier molecular flexibility index (Phi) is 8.20. The van der Waals surface area contributed by atoms with E-state index in [-0.39, 0.29) is 16.3 Å². The minimum atomic E-state index is -1.16. The average Bonchev–Trinajstić information content (AvgIpc) is 3.52. The highest BCUT2D eigenvalue weighted by Gasteiger charge is 2.50. The molecule has 5 aromatic rings. The minimum absolute atomic E-state index is 0.00621. The second-order valence-corrected chi connectivity index (χ2v) is 16.1. The number of anilines is 2. The Morgan fingerprint density at radius 2 is 1.86 bits per heavy atom. The van der Waals surface area contributed by atoms with Crippen LogP contribution in [0.5, 0.6) is 0 Å². The number of aromatic nitrogens is 2. The van der Waals surface area contributed by atoms with Gasteiger partial charge in [-0.2, -0.15) is 5.26 Å². The summed E-state index contributed by atoms with van der Waals surface area (Å²) in [6, 6.07) is 25.2. The number of para-hydroxylation sites is 1. The number of nitrogens with zero attached hydrogens (tertiary/aromatic N) is 4. The molecule has 1 fully saturated rings. The minimum Gasteiger partial charge on any atom is -0.476 e. The molecule has 3 aromatic carbocycles. The monoisotopic (exact) mass is 697 g/mol. The van der Waals surface area contributed by atoms with Crippen molar-refractivity contribution in [3.05, 3.63) is 112 Å². The number of amides is 1. The molecule has 0 saturated heterocycles. The van der Waals surface area contributed by atoms with Crippen LogP contribution < -0.4 is 10.2 Å². The van der Waals surface area contributed by atoms with Crippen LogP contribution in [-0.2, 0) is 13.0 Å². The molecular formula is C40H35N5O3S2. The summed E-state index contributed by atoms with van der Waals surface area (Å²) in [6.45, 7) is 5.57. The van der Waals surface area contributed by atoms with Gasteiger partial charge in [-0.3, -0.25) is 10.1 Å². The number of nitriles is 1. The first-order chi connectivity index (χ1) is 24.2. The Labute approximate surface area is 298 Å². The number of nitrogens with one attached hydrogen (secondary N) is 1. The lowest BCUT2D eigenvalue weighted by molar-refractivity contribution is 0.0691. The lowest BCUT2D eigenvalue weighted by Gasteiger charge is -2.53. The fourth-order valence-electron chi connectivity index (χ4n) is 8.00. The molecule has 8 nitrogen and oxygen atoms in total. The third-order valence-electron chi connectivity index (χ3n) is 10.3. The quantitative estimate of drug-likeness (QED) is 0.162. The second-order valence-electron chi connectivity index (χ2n) is 13.6. The summed E-state index contributed by atoms with van der Waals surface area (Å²) in [5.41, 5.74) is 6.20. The van der Waals surface area contributed by atoms with Crippen molar-refractivity contribution in [3.8, 4) is 17.2 Å². The van der Waals surface area contributed by atoms with Gasteiger partial charge in [0.25, 0.3) is 5.91 Å². The van der Waals surface area contributed by atoms with E-state index in [1.807, 2.05) is 71.6 Å². The highest BCUT2D eigenvalue weighted by Crippen LogP contribution is 2.60. The molecular weight excluding hydrogens is 663 g/mol. The maximum Gasteiger partial charge on any atom is 0.355 e. The first kappa shape index (κ1) is 32.2. The van der Waals surface area contributed by atoms with Crippen LogP contribution in [0.3, 0.4) is 0 Å². The number of pyridine rings is 1. The van der Waals surface area contributed by atoms with E-state index in [0.29, 0.717) is 64.5 Å². The number of carboxylic acid groups (broad SMARTS) is 1. The average molecular weight is 698 g/mol. The number of hydrogen-bond acceptors (Lipinski definition) is 8. The number of thiazole rings is 1. The molecule has 0 bridgehead atoms. The summed E-state index contributed by atoms with van der Waals surface area (Å²) in [7, 11) is 0. The number of aromatic carboxylic acids is 1. The van der Waals surface area contributed by atoms with Gasteiger partial charge < -0.3 is 10.0 Å². The van der Waals surface area contributed by atoms with Crippen LogP contribution in [0.4, 0.5) is 10.9 Å². The molecule has 50 heavy (non-hydrogen) atoms. The van der Waals surface area contributed by atoms with Gasteiger partial charge in [0.05, 0.1) is 15.8 Å². The van der Waals surface area contributed by atoms with Crippen LogP contribution in [0.15, 0.2) is 89.3 Å². The topological polar surface area (TPSA) is 119 Å². The number of fused-ring (bicyclic) bond motifs is 3. The number of hydrogen-bond donors (Lipinski definition) is 2. The van der Waals surface area contributed by atoms with Crippen molar-refractivity contribution in [3.63, 3.8) is 0 Å². The highest BCUT2D eigenvalue weighted by atomic mass is 32.2. The summed E-state index contributed by atoms with van der Waals surface area (Å²) in [5, 5.41) is 24.4. The number of thioether (sulfide) groups is 1. The molecule has 2 aliphatic carbocycles. The molecule has 0 spiro atoms. The molecule has 2 aromatic heterocycles. The van der Waals surface area contributed by atoms with Gasteiger partial charge in [0.1, 0.15) is 11.9 Å². The summed E-state index contributed by atoms with van der Waals surface area (Å²) in [4.78, 5) is 38.4. The summed E-state index contributed by atoms with van der Waals surface area (Å²) in [6.07, 6.45) is 6.31. The summed E-state index contributed by atoms with van der Waals surface area (Å²) >= 11 is 3.20. The molecule has 3 heterocycles. The zero-order valence-electron chi connectivity index (χ0n) is 27.8. The highest BCUT2D eigenvalue weighted by molar-refractivity contribution is 8.01. The molecule has 1 amide bonds. The van der Waals surface area contributed by atoms with Crippen LogP contribution in [-0.4, -0.2) is 38.2 Å². The van der Waals surface area contributed by atoms with Crippen LogP contribution in [0.1, 0.15) is 70.6 Å². The van der Waals surface area contributed by atoms with Gasteiger partial charge in [0.15, 0.2) is 10.8 Å². The molecule has 1 aliphatic heterocycles. The van der Waals surface area contributed by atoms with Crippen molar-refractivity contribution >= 4 is 56.1 Å². The standard InChI is InChI=1S/C40H35N5O3S2/c1-23-13-15-31-24(2)20-40(31,19-23)50-33-12-6-8-26(29(33)21-41)27-14-16-35(43-36(27)38(47)48)45-18-17-25-7-5-9-28(30(25)22-45)37(46)44-39-42-32-10-3-4-11-34(32)49-39/h3-12,14-16,23-24H,13,17-20,22H2,1-2H3,(H,47,48)(H,42,44,46). The first-order valence-corrected chi connectivity index (χ1v) is 18.6. The van der Waals surface area contributed by atoms with Crippen molar-refractivity contribution < 1.29 is 14.7 Å². The van der Waals surface area contributed by atoms with Gasteiger partial charge in [-0.05, 0) is 85.0 Å². The molecule has 3 atom stereocenters. The van der Waals surface area contributed by atoms with Crippen LogP contribution >= 0.6 is 23.1 Å². The lowest BCUT2D eigenvalue weighted by atomic mass is 9.63. The van der Waals surface area contributed by atoms with E-state index < -0.39 is 5.97 Å². The van der Waals surface area contributed by atoms with Crippen molar-refractivity contribution in [2.45, 2.75) is 55.7 Å². The van der Waals surface area contributed by atoms with E-state index in [2.05, 4.69) is 41.3 Å². The van der Waals surface area contributed by atoms with Crippen molar-refractivity contribution in [1.29, 1.82) is 5.26 Å². The third kappa shape index (κ3) is 5.64. The molecule has 2 N–H and O–H groups in total. The number of carbonyl (C=O) groups is 2. The van der Waals surface area contributed by atoms with Gasteiger partial charge >= 0.3 is 5.97 Å². The van der Waals surface area contributed by atoms with Crippen molar-refractivity contribution in [1.82, 2.24) is 9.97 Å². The van der Waals surface area contributed by atoms with Crippen LogP contribution in [0.2, 0.25) is 0 Å². The normalized spacial score (nSPS) is 21.0. The Morgan fingerprint density at radius 1 is 1.02 bits per heavy atom. The van der Waals surface area contributed by atoms with Gasteiger partial charge in [-0.25, -0.2) is 14.8 Å². The molecule has 3 unspecified atom stereocenters. The number of carboxylic acids is 1. The fourth-order valence-corrected chi connectivity index (χ4v) is 10.8. The predicted molar refractivity (Wildman–Crippen MR) is 199 cm³/mol. The molecule has 0 radical (unpaired) electrons. The third-order valence-corrected chi connectivity index (χ3v) is 12.8. The second kappa shape index (κ2) is 12.7. The smallest absolute Gasteiger partial charge is 0.355 e. The number of benzene rings is 3. The van der Waals surface area contributed by atoms with Crippen molar-refractivity contribution in [2.24, 2.45) is 11.8 Å². The molecule has 10 heteroatoms. The van der Waals surface area contributed by atoms with Crippen molar-refractivity contribution in [2.75, 3.05) is 16.8 Å². The van der Waals surface area contributed by atoms with Gasteiger partial charge in [0, 0.05) is 39.4 Å². The Balaban J connectivity index is 1.08. The maximum absolute atomic E-state index is 13.6. The number of carbonyl (C=O) groups excluding carboxylic acids is 1. The maximum atomic E-state index is 13.6. The van der Waals surface area contributed by atoms with Gasteiger partial charge in [0.2, 0.25) is 0 Å². The number of allylic oxidation sites excluding steroid dienone is 1. The van der Waals surface area contributed by atoms with E-state index in [1.54, 1.807) is 17.8 Å². The lowest BCUT2D eigenvalue weighted by Crippen LogP contribution is -2.46. The first-order valence-electron chi connectivity index (χ1n) is 16.9. The molecule has 250 valence electrons. The zero-order chi connectivity index (χ0) is 34.6. The van der Waals surface area contributed by atoms with E-state index in [1.165, 1.54) is 16.9 Å². The predicted octanol–water partition coefficient (Wildman–Crippen LogP) is 8.97. The zero-order valence-corrected chi connectivity index (χ0v) is 29.4. The molecule has 3 aliphatic rings. The summed E-state index contributed by atoms with van der Waals surface area (Å²) < 4.78 is 0.992. The Hall–Kier alpha value is -4.98. The molecule has 8 rings (SSSR count).